The molecule has 5 rings (SSSR count). The van der Waals surface area contributed by atoms with Crippen molar-refractivity contribution in [1.29, 1.82) is 0 Å². The highest BCUT2D eigenvalue weighted by molar-refractivity contribution is 6.15. The number of rotatable bonds is 6. The molecule has 5 aromatic rings. The molecule has 178 valence electrons. The monoisotopic (exact) mass is 477 g/mol. The first-order valence-corrected chi connectivity index (χ1v) is 11.0. The molecule has 0 fully saturated rings. The minimum Gasteiger partial charge on any atom is -0.383 e. The van der Waals surface area contributed by atoms with Crippen molar-refractivity contribution in [3.63, 3.8) is 0 Å². The van der Waals surface area contributed by atoms with Gasteiger partial charge < -0.3 is 20.8 Å². The summed E-state index contributed by atoms with van der Waals surface area (Å²) in [5.41, 5.74) is 13.7. The van der Waals surface area contributed by atoms with Gasteiger partial charge in [-0.05, 0) is 29.3 Å². The number of nitrogen functional groups attached to an aromatic ring is 2. The number of nitrogens with two attached hydrogens (primary N) is 2. The van der Waals surface area contributed by atoms with E-state index in [-0.39, 0.29) is 17.3 Å². The lowest BCUT2D eigenvalue weighted by Crippen LogP contribution is -2.09. The summed E-state index contributed by atoms with van der Waals surface area (Å²) in [4.78, 5) is 8.31. The lowest BCUT2D eigenvalue weighted by molar-refractivity contribution is -0.137. The Morgan fingerprint density at radius 2 is 1.63 bits per heavy atom. The quantitative estimate of drug-likeness (QED) is 0.308. The largest absolute Gasteiger partial charge is 0.417 e. The average molecular weight is 477 g/mol. The Morgan fingerprint density at radius 1 is 0.886 bits per heavy atom. The van der Waals surface area contributed by atoms with Gasteiger partial charge in [-0.25, -0.2) is 4.98 Å². The third-order valence-corrected chi connectivity index (χ3v) is 5.86. The number of alkyl halides is 3. The third-order valence-electron chi connectivity index (χ3n) is 5.86. The fourth-order valence-corrected chi connectivity index (χ4v) is 4.36. The molecular weight excluding hydrogens is 455 g/mol. The van der Waals surface area contributed by atoms with E-state index in [1.807, 2.05) is 47.2 Å². The van der Waals surface area contributed by atoms with Crippen LogP contribution in [0.15, 0.2) is 72.9 Å². The summed E-state index contributed by atoms with van der Waals surface area (Å²) >= 11 is 0. The Hall–Kier alpha value is -4.11. The van der Waals surface area contributed by atoms with Crippen molar-refractivity contribution < 1.29 is 17.9 Å². The van der Waals surface area contributed by atoms with Gasteiger partial charge in [-0.1, -0.05) is 48.5 Å². The molecule has 0 bridgehead atoms. The van der Waals surface area contributed by atoms with Crippen molar-refractivity contribution >= 4 is 33.6 Å². The van der Waals surface area contributed by atoms with E-state index >= 15 is 0 Å². The molecule has 0 aliphatic carbocycles. The maximum Gasteiger partial charge on any atom is 0.417 e. The second-order valence-corrected chi connectivity index (χ2v) is 8.14. The fourth-order valence-electron chi connectivity index (χ4n) is 4.36. The summed E-state index contributed by atoms with van der Waals surface area (Å²) in [5.74, 6) is 0.129. The maximum atomic E-state index is 13.9. The third kappa shape index (κ3) is 4.38. The van der Waals surface area contributed by atoms with Crippen LogP contribution in [0.4, 0.5) is 24.9 Å². The zero-order valence-electron chi connectivity index (χ0n) is 18.6. The van der Waals surface area contributed by atoms with Crippen molar-refractivity contribution in [2.45, 2.75) is 19.3 Å². The predicted molar refractivity (Wildman–Crippen MR) is 130 cm³/mol. The molecule has 35 heavy (non-hydrogen) atoms. The maximum absolute atomic E-state index is 13.9. The molecule has 2 heterocycles. The topological polar surface area (TPSA) is 92.0 Å². The molecule has 0 spiro atoms. The van der Waals surface area contributed by atoms with Crippen LogP contribution in [-0.2, 0) is 24.1 Å². The molecular formula is C26H22F3N5O. The van der Waals surface area contributed by atoms with Crippen molar-refractivity contribution in [2.75, 3.05) is 18.1 Å². The molecule has 0 aliphatic heterocycles. The number of ether oxygens (including phenoxy) is 1. The van der Waals surface area contributed by atoms with Crippen LogP contribution in [0.2, 0.25) is 0 Å². The van der Waals surface area contributed by atoms with Crippen LogP contribution in [0.3, 0.4) is 0 Å². The molecule has 0 saturated heterocycles. The summed E-state index contributed by atoms with van der Waals surface area (Å²) in [6, 6.07) is 18.6. The SMILES string of the molecule is Nc1nc(N)c2c(cc(-c3ccccc3C(F)(F)F)c3c2ccn3CCOCc2ccccc2)n1. The zero-order chi connectivity index (χ0) is 24.6. The van der Waals surface area contributed by atoms with E-state index in [0.717, 1.165) is 11.6 Å². The Balaban J connectivity index is 1.63. The normalized spacial score (nSPS) is 12.0. The van der Waals surface area contributed by atoms with E-state index in [2.05, 4.69) is 9.97 Å². The molecule has 3 aromatic carbocycles. The van der Waals surface area contributed by atoms with Gasteiger partial charge in [-0.15, -0.1) is 0 Å². The Kier molecular flexibility index (Phi) is 5.78. The zero-order valence-corrected chi connectivity index (χ0v) is 18.6. The van der Waals surface area contributed by atoms with E-state index in [4.69, 9.17) is 16.2 Å². The standard InChI is InChI=1S/C26H22F3N5O/c27-26(28,29)20-9-5-4-8-17(20)19-14-21-22(24(30)33-25(31)32-21)18-10-11-34(23(18)19)12-13-35-15-16-6-2-1-3-7-16/h1-11,14H,12-13,15H2,(H4,30,31,32,33). The van der Waals surface area contributed by atoms with Gasteiger partial charge in [0.15, 0.2) is 0 Å². The van der Waals surface area contributed by atoms with Crippen LogP contribution < -0.4 is 11.5 Å². The Labute approximate surface area is 199 Å². The number of halogens is 3. The van der Waals surface area contributed by atoms with E-state index in [1.54, 1.807) is 12.1 Å². The smallest absolute Gasteiger partial charge is 0.383 e. The van der Waals surface area contributed by atoms with Gasteiger partial charge in [0.05, 0.1) is 35.2 Å². The Bertz CT molecular complexity index is 1510. The number of aromatic nitrogens is 3. The second-order valence-electron chi connectivity index (χ2n) is 8.14. The molecule has 0 unspecified atom stereocenters. The molecule has 2 aromatic heterocycles. The number of benzene rings is 3. The van der Waals surface area contributed by atoms with Gasteiger partial charge in [0.1, 0.15) is 5.82 Å². The van der Waals surface area contributed by atoms with E-state index < -0.39 is 11.7 Å². The van der Waals surface area contributed by atoms with Gasteiger partial charge >= 0.3 is 6.18 Å². The molecule has 4 N–H and O–H groups in total. The summed E-state index contributed by atoms with van der Waals surface area (Å²) in [5, 5.41) is 1.20. The first-order chi connectivity index (χ1) is 16.8. The van der Waals surface area contributed by atoms with Crippen LogP contribution >= 0.6 is 0 Å². The van der Waals surface area contributed by atoms with E-state index in [9.17, 15) is 13.2 Å². The molecule has 0 saturated carbocycles. The van der Waals surface area contributed by atoms with Gasteiger partial charge in [0.25, 0.3) is 0 Å². The van der Waals surface area contributed by atoms with Gasteiger partial charge in [-0.2, -0.15) is 18.2 Å². The lowest BCUT2D eigenvalue weighted by Gasteiger charge is -2.17. The minimum atomic E-state index is -4.53. The fraction of sp³-hybridized carbons (Fsp3) is 0.154. The van der Waals surface area contributed by atoms with E-state index in [1.165, 1.54) is 12.1 Å². The molecule has 6 nitrogen and oxygen atoms in total. The van der Waals surface area contributed by atoms with Crippen molar-refractivity contribution in [3.05, 3.63) is 84.1 Å². The Morgan fingerprint density at radius 3 is 2.40 bits per heavy atom. The highest BCUT2D eigenvalue weighted by Crippen LogP contribution is 2.42. The number of anilines is 2. The van der Waals surface area contributed by atoms with Crippen LogP contribution in [0.5, 0.6) is 0 Å². The van der Waals surface area contributed by atoms with Gasteiger partial charge in [-0.3, -0.25) is 0 Å². The van der Waals surface area contributed by atoms with Crippen LogP contribution in [-0.4, -0.2) is 21.1 Å². The number of hydrogen-bond donors (Lipinski definition) is 2. The van der Waals surface area contributed by atoms with Gasteiger partial charge in [0.2, 0.25) is 5.95 Å². The highest BCUT2D eigenvalue weighted by atomic mass is 19.4. The number of nitrogens with zero attached hydrogens (tertiary/aromatic N) is 3. The summed E-state index contributed by atoms with van der Waals surface area (Å²) in [6.45, 7) is 1.23. The van der Waals surface area contributed by atoms with Crippen LogP contribution in [0.25, 0.3) is 32.9 Å². The first kappa shape index (κ1) is 22.7. The van der Waals surface area contributed by atoms with Crippen molar-refractivity contribution in [2.24, 2.45) is 0 Å². The average Bonchev–Trinajstić information content (AvgIpc) is 3.25. The number of hydrogen-bond acceptors (Lipinski definition) is 5. The predicted octanol–water partition coefficient (Wildman–Crippen LogP) is 5.65. The van der Waals surface area contributed by atoms with Crippen molar-refractivity contribution in [3.8, 4) is 11.1 Å². The summed E-state index contributed by atoms with van der Waals surface area (Å²) in [6.07, 6.45) is -2.72. The van der Waals surface area contributed by atoms with Gasteiger partial charge in [0, 0.05) is 23.7 Å². The highest BCUT2D eigenvalue weighted by Gasteiger charge is 2.34. The summed E-state index contributed by atoms with van der Waals surface area (Å²) in [7, 11) is 0. The number of fused-ring (bicyclic) bond motifs is 3. The van der Waals surface area contributed by atoms with Crippen LogP contribution in [0.1, 0.15) is 11.1 Å². The summed E-state index contributed by atoms with van der Waals surface area (Å²) < 4.78 is 49.5. The van der Waals surface area contributed by atoms with Crippen molar-refractivity contribution in [1.82, 2.24) is 14.5 Å². The molecule has 9 heteroatoms. The molecule has 0 amide bonds. The first-order valence-electron chi connectivity index (χ1n) is 11.0. The molecule has 0 aliphatic rings. The van der Waals surface area contributed by atoms with E-state index in [0.29, 0.717) is 47.1 Å². The minimum absolute atomic E-state index is 0.0434. The second kappa shape index (κ2) is 8.92. The molecule has 0 radical (unpaired) electrons. The lowest BCUT2D eigenvalue weighted by atomic mass is 9.95. The van der Waals surface area contributed by atoms with Crippen LogP contribution in [0, 0.1) is 0 Å². The molecule has 0 atom stereocenters.